The van der Waals surface area contributed by atoms with Crippen molar-refractivity contribution in [2.45, 2.75) is 19.7 Å². The van der Waals surface area contributed by atoms with Gasteiger partial charge in [-0.25, -0.2) is 9.59 Å². The summed E-state index contributed by atoms with van der Waals surface area (Å²) in [5.41, 5.74) is -0.900. The molecule has 0 saturated carbocycles. The van der Waals surface area contributed by atoms with Gasteiger partial charge in [0.15, 0.2) is 0 Å². The minimum atomic E-state index is -4.68. The van der Waals surface area contributed by atoms with Crippen LogP contribution in [-0.2, 0) is 17.5 Å². The van der Waals surface area contributed by atoms with Gasteiger partial charge in [-0.1, -0.05) is 12.1 Å². The van der Waals surface area contributed by atoms with Crippen LogP contribution in [0.1, 0.15) is 27.0 Å². The first-order valence-electron chi connectivity index (χ1n) is 8.15. The lowest BCUT2D eigenvalue weighted by Gasteiger charge is -2.14. The standard InChI is InChI=1S/C20H15F3O5/c1-11-16(27-10-12-3-5-13(6-4-12)19(25)26-2)8-7-14-15(20(21,22)23)9-17(24)28-18(11)14/h3-9H,10H2,1-2H3. The molecule has 3 rings (SSSR count). The van der Waals surface area contributed by atoms with E-state index in [1.165, 1.54) is 26.2 Å². The van der Waals surface area contributed by atoms with E-state index in [-0.39, 0.29) is 28.9 Å². The number of alkyl halides is 3. The van der Waals surface area contributed by atoms with E-state index in [4.69, 9.17) is 9.15 Å². The van der Waals surface area contributed by atoms with E-state index >= 15 is 0 Å². The lowest BCUT2D eigenvalue weighted by atomic mass is 10.1. The van der Waals surface area contributed by atoms with Crippen molar-refractivity contribution in [3.63, 3.8) is 0 Å². The van der Waals surface area contributed by atoms with Gasteiger partial charge >= 0.3 is 17.8 Å². The van der Waals surface area contributed by atoms with Crippen LogP contribution in [-0.4, -0.2) is 13.1 Å². The van der Waals surface area contributed by atoms with E-state index in [2.05, 4.69) is 4.74 Å². The van der Waals surface area contributed by atoms with E-state index < -0.39 is 23.3 Å². The number of fused-ring (bicyclic) bond motifs is 1. The molecule has 0 amide bonds. The maximum Gasteiger partial charge on any atom is 0.417 e. The highest BCUT2D eigenvalue weighted by Crippen LogP contribution is 2.36. The molecule has 0 fully saturated rings. The fourth-order valence-electron chi connectivity index (χ4n) is 2.75. The summed E-state index contributed by atoms with van der Waals surface area (Å²) >= 11 is 0. The summed E-state index contributed by atoms with van der Waals surface area (Å²) in [6, 6.07) is 9.54. The molecule has 0 spiro atoms. The molecule has 0 saturated heterocycles. The molecular weight excluding hydrogens is 377 g/mol. The minimum Gasteiger partial charge on any atom is -0.488 e. The van der Waals surface area contributed by atoms with Crippen LogP contribution in [0, 0.1) is 6.92 Å². The normalized spacial score (nSPS) is 11.5. The van der Waals surface area contributed by atoms with Crippen LogP contribution in [0.15, 0.2) is 51.7 Å². The molecule has 0 atom stereocenters. The number of aryl methyl sites for hydroxylation is 1. The van der Waals surface area contributed by atoms with Gasteiger partial charge in [0, 0.05) is 17.0 Å². The highest BCUT2D eigenvalue weighted by atomic mass is 19.4. The number of carbonyl (C=O) groups excluding carboxylic acids is 1. The Morgan fingerprint density at radius 1 is 1.11 bits per heavy atom. The summed E-state index contributed by atoms with van der Waals surface area (Å²) in [6.07, 6.45) is -4.68. The zero-order chi connectivity index (χ0) is 20.5. The number of ether oxygens (including phenoxy) is 2. The molecule has 0 unspecified atom stereocenters. The lowest BCUT2D eigenvalue weighted by molar-refractivity contribution is -0.136. The van der Waals surface area contributed by atoms with Crippen molar-refractivity contribution in [3.05, 3.63) is 75.1 Å². The number of methoxy groups -OCH3 is 1. The van der Waals surface area contributed by atoms with E-state index in [1.54, 1.807) is 24.3 Å². The quantitative estimate of drug-likeness (QED) is 0.484. The molecule has 0 aliphatic rings. The number of carbonyl (C=O) groups is 1. The third kappa shape index (κ3) is 3.85. The molecule has 8 heteroatoms. The zero-order valence-corrected chi connectivity index (χ0v) is 14.9. The molecule has 0 N–H and O–H groups in total. The molecule has 5 nitrogen and oxygen atoms in total. The average molecular weight is 392 g/mol. The Kier molecular flexibility index (Phi) is 5.13. The van der Waals surface area contributed by atoms with Crippen molar-refractivity contribution in [1.82, 2.24) is 0 Å². The van der Waals surface area contributed by atoms with Crippen LogP contribution in [0.5, 0.6) is 5.75 Å². The lowest BCUT2D eigenvalue weighted by Crippen LogP contribution is -2.11. The summed E-state index contributed by atoms with van der Waals surface area (Å²) in [5.74, 6) is -0.180. The second-order valence-electron chi connectivity index (χ2n) is 6.02. The first-order chi connectivity index (χ1) is 13.2. The van der Waals surface area contributed by atoms with Crippen LogP contribution in [0.25, 0.3) is 11.0 Å². The third-order valence-electron chi connectivity index (χ3n) is 4.19. The van der Waals surface area contributed by atoms with Gasteiger partial charge in [0.1, 0.15) is 17.9 Å². The van der Waals surface area contributed by atoms with E-state index in [0.29, 0.717) is 11.6 Å². The fourth-order valence-corrected chi connectivity index (χ4v) is 2.75. The number of hydrogen-bond donors (Lipinski definition) is 0. The molecule has 0 radical (unpaired) electrons. The van der Waals surface area contributed by atoms with Crippen molar-refractivity contribution in [1.29, 1.82) is 0 Å². The van der Waals surface area contributed by atoms with Gasteiger partial charge in [-0.15, -0.1) is 0 Å². The summed E-state index contributed by atoms with van der Waals surface area (Å²) in [5, 5.41) is -0.209. The first-order valence-corrected chi connectivity index (χ1v) is 8.15. The maximum absolute atomic E-state index is 13.2. The molecule has 0 bridgehead atoms. The van der Waals surface area contributed by atoms with Gasteiger partial charge in [-0.05, 0) is 36.8 Å². The van der Waals surface area contributed by atoms with Crippen molar-refractivity contribution in [2.75, 3.05) is 7.11 Å². The zero-order valence-electron chi connectivity index (χ0n) is 14.9. The summed E-state index contributed by atoms with van der Waals surface area (Å²) in [6.45, 7) is 1.62. The van der Waals surface area contributed by atoms with Crippen LogP contribution in [0.4, 0.5) is 13.2 Å². The number of halogens is 3. The van der Waals surface area contributed by atoms with Gasteiger partial charge in [-0.3, -0.25) is 0 Å². The number of benzene rings is 2. The Morgan fingerprint density at radius 2 is 1.79 bits per heavy atom. The number of hydrogen-bond acceptors (Lipinski definition) is 5. The smallest absolute Gasteiger partial charge is 0.417 e. The van der Waals surface area contributed by atoms with Gasteiger partial charge < -0.3 is 13.9 Å². The molecule has 146 valence electrons. The third-order valence-corrected chi connectivity index (χ3v) is 4.19. The monoisotopic (exact) mass is 392 g/mol. The van der Waals surface area contributed by atoms with E-state index in [9.17, 15) is 22.8 Å². The van der Waals surface area contributed by atoms with Crippen molar-refractivity contribution >= 4 is 16.9 Å². The Morgan fingerprint density at radius 3 is 2.39 bits per heavy atom. The summed E-state index contributed by atoms with van der Waals surface area (Å²) in [4.78, 5) is 23.0. The Balaban J connectivity index is 1.89. The number of esters is 1. The highest BCUT2D eigenvalue weighted by molar-refractivity contribution is 5.89. The number of rotatable bonds is 4. The predicted molar refractivity (Wildman–Crippen MR) is 94.3 cm³/mol. The Labute approximate surface area is 157 Å². The topological polar surface area (TPSA) is 65.7 Å². The van der Waals surface area contributed by atoms with Gasteiger partial charge in [0.25, 0.3) is 0 Å². The van der Waals surface area contributed by atoms with Crippen LogP contribution >= 0.6 is 0 Å². The maximum atomic E-state index is 13.2. The first kappa shape index (κ1) is 19.5. The van der Waals surface area contributed by atoms with Crippen molar-refractivity contribution in [2.24, 2.45) is 0 Å². The highest BCUT2D eigenvalue weighted by Gasteiger charge is 2.34. The molecule has 0 aliphatic carbocycles. The minimum absolute atomic E-state index is 0.108. The molecule has 1 aromatic heterocycles. The molecule has 3 aromatic rings. The van der Waals surface area contributed by atoms with E-state index in [0.717, 1.165) is 5.56 Å². The van der Waals surface area contributed by atoms with Crippen molar-refractivity contribution < 1.29 is 31.9 Å². The molecule has 28 heavy (non-hydrogen) atoms. The second-order valence-corrected chi connectivity index (χ2v) is 6.02. The van der Waals surface area contributed by atoms with Crippen LogP contribution in [0.2, 0.25) is 0 Å². The predicted octanol–water partition coefficient (Wildman–Crippen LogP) is 4.49. The van der Waals surface area contributed by atoms with Gasteiger partial charge in [0.2, 0.25) is 0 Å². The Bertz CT molecular complexity index is 1080. The molecule has 2 aromatic carbocycles. The molecular formula is C20H15F3O5. The van der Waals surface area contributed by atoms with Gasteiger partial charge in [0.05, 0.1) is 18.2 Å². The summed E-state index contributed by atoms with van der Waals surface area (Å²) < 4.78 is 54.8. The van der Waals surface area contributed by atoms with Crippen LogP contribution in [0.3, 0.4) is 0 Å². The SMILES string of the molecule is COC(=O)c1ccc(COc2ccc3c(C(F)(F)F)cc(=O)oc3c2C)cc1. The van der Waals surface area contributed by atoms with E-state index in [1.807, 2.05) is 0 Å². The largest absolute Gasteiger partial charge is 0.488 e. The second kappa shape index (κ2) is 7.38. The fraction of sp³-hybridized carbons (Fsp3) is 0.200. The van der Waals surface area contributed by atoms with Crippen LogP contribution < -0.4 is 10.4 Å². The molecule has 1 heterocycles. The molecule has 0 aliphatic heterocycles. The van der Waals surface area contributed by atoms with Crippen molar-refractivity contribution in [3.8, 4) is 5.75 Å². The summed E-state index contributed by atoms with van der Waals surface area (Å²) in [7, 11) is 1.28. The van der Waals surface area contributed by atoms with Gasteiger partial charge in [-0.2, -0.15) is 13.2 Å². The average Bonchev–Trinajstić information content (AvgIpc) is 2.66. The Hall–Kier alpha value is -3.29.